The van der Waals surface area contributed by atoms with E-state index in [1.54, 1.807) is 6.20 Å². The maximum absolute atomic E-state index is 9.85. The van der Waals surface area contributed by atoms with Gasteiger partial charge in [0.25, 0.3) is 0 Å². The summed E-state index contributed by atoms with van der Waals surface area (Å²) in [6.45, 7) is 4.40. The van der Waals surface area contributed by atoms with Gasteiger partial charge in [0.2, 0.25) is 0 Å². The molecule has 0 fully saturated rings. The van der Waals surface area contributed by atoms with Gasteiger partial charge < -0.3 is 5.11 Å². The summed E-state index contributed by atoms with van der Waals surface area (Å²) in [5.41, 5.74) is 0.766. The summed E-state index contributed by atoms with van der Waals surface area (Å²) < 4.78 is 0.945. The molecular weight excluding hydrogens is 254 g/mol. The van der Waals surface area contributed by atoms with E-state index in [4.69, 9.17) is 0 Å². The van der Waals surface area contributed by atoms with Crippen LogP contribution in [0, 0.1) is 5.92 Å². The van der Waals surface area contributed by atoms with Gasteiger partial charge in [-0.05, 0) is 40.4 Å². The third-order valence-electron chi connectivity index (χ3n) is 2.35. The minimum Gasteiger partial charge on any atom is -0.387 e. The number of halogens is 1. The summed E-state index contributed by atoms with van der Waals surface area (Å²) in [5.74, 6) is 0.704. The van der Waals surface area contributed by atoms with Gasteiger partial charge in [0.05, 0.1) is 11.8 Å². The first-order valence-corrected chi connectivity index (χ1v) is 6.18. The van der Waals surface area contributed by atoms with E-state index in [0.717, 1.165) is 29.4 Å². The second-order valence-corrected chi connectivity index (χ2v) is 5.16. The van der Waals surface area contributed by atoms with E-state index in [0.29, 0.717) is 5.92 Å². The molecule has 0 saturated heterocycles. The fourth-order valence-corrected chi connectivity index (χ4v) is 1.69. The molecule has 0 aliphatic carbocycles. The number of rotatable bonds is 5. The van der Waals surface area contributed by atoms with Gasteiger partial charge in [-0.15, -0.1) is 0 Å². The van der Waals surface area contributed by atoms with Crippen molar-refractivity contribution >= 4 is 15.9 Å². The molecule has 15 heavy (non-hydrogen) atoms. The highest BCUT2D eigenvalue weighted by Gasteiger charge is 2.08. The maximum atomic E-state index is 9.85. The molecule has 1 unspecified atom stereocenters. The topological polar surface area (TPSA) is 33.1 Å². The third kappa shape index (κ3) is 4.76. The van der Waals surface area contributed by atoms with E-state index in [9.17, 15) is 5.11 Å². The molecule has 1 atom stereocenters. The van der Waals surface area contributed by atoms with Crippen LogP contribution in [0.2, 0.25) is 0 Å². The molecule has 0 saturated carbocycles. The molecule has 1 aromatic heterocycles. The Hall–Kier alpha value is -0.410. The monoisotopic (exact) mass is 271 g/mol. The minimum absolute atomic E-state index is 0.420. The first kappa shape index (κ1) is 12.7. The molecule has 0 aliphatic rings. The first-order valence-electron chi connectivity index (χ1n) is 5.39. The Morgan fingerprint density at radius 2 is 2.07 bits per heavy atom. The van der Waals surface area contributed by atoms with Gasteiger partial charge in [0, 0.05) is 10.7 Å². The SMILES string of the molecule is CC(C)CCCC(O)c1ccc(Br)cn1. The average Bonchev–Trinajstić information content (AvgIpc) is 2.18. The standard InChI is InChI=1S/C12H18BrNO/c1-9(2)4-3-5-12(15)11-7-6-10(13)8-14-11/h6-9,12,15H,3-5H2,1-2H3. The van der Waals surface area contributed by atoms with E-state index in [-0.39, 0.29) is 0 Å². The van der Waals surface area contributed by atoms with Crippen LogP contribution in [0.3, 0.4) is 0 Å². The molecule has 2 nitrogen and oxygen atoms in total. The van der Waals surface area contributed by atoms with Gasteiger partial charge in [0.1, 0.15) is 0 Å². The molecule has 1 heterocycles. The molecule has 1 rings (SSSR count). The summed E-state index contributed by atoms with van der Waals surface area (Å²) in [4.78, 5) is 4.18. The summed E-state index contributed by atoms with van der Waals surface area (Å²) in [6, 6.07) is 3.78. The smallest absolute Gasteiger partial charge is 0.0959 e. The highest BCUT2D eigenvalue weighted by Crippen LogP contribution is 2.20. The molecule has 0 radical (unpaired) electrons. The first-order chi connectivity index (χ1) is 7.09. The molecule has 0 amide bonds. The molecular formula is C12H18BrNO. The largest absolute Gasteiger partial charge is 0.387 e. The van der Waals surface area contributed by atoms with Crippen LogP contribution < -0.4 is 0 Å². The van der Waals surface area contributed by atoms with E-state index < -0.39 is 6.10 Å². The zero-order chi connectivity index (χ0) is 11.3. The van der Waals surface area contributed by atoms with Gasteiger partial charge in [-0.1, -0.05) is 26.7 Å². The zero-order valence-corrected chi connectivity index (χ0v) is 10.9. The van der Waals surface area contributed by atoms with Crippen LogP contribution in [0.15, 0.2) is 22.8 Å². The molecule has 0 aliphatic heterocycles. The quantitative estimate of drug-likeness (QED) is 0.886. The lowest BCUT2D eigenvalue weighted by Gasteiger charge is -2.10. The maximum Gasteiger partial charge on any atom is 0.0959 e. The fraction of sp³-hybridized carbons (Fsp3) is 0.583. The van der Waals surface area contributed by atoms with Crippen molar-refractivity contribution < 1.29 is 5.11 Å². The van der Waals surface area contributed by atoms with Gasteiger partial charge in [-0.25, -0.2) is 0 Å². The number of pyridine rings is 1. The van der Waals surface area contributed by atoms with Crippen LogP contribution >= 0.6 is 15.9 Å². The van der Waals surface area contributed by atoms with E-state index in [1.165, 1.54) is 0 Å². The molecule has 0 bridgehead atoms. The summed E-state index contributed by atoms with van der Waals surface area (Å²) in [6.07, 6.45) is 4.31. The lowest BCUT2D eigenvalue weighted by Crippen LogP contribution is -2.00. The highest BCUT2D eigenvalue weighted by molar-refractivity contribution is 9.10. The van der Waals surface area contributed by atoms with Crippen LogP contribution in [0.25, 0.3) is 0 Å². The Morgan fingerprint density at radius 1 is 1.33 bits per heavy atom. The predicted molar refractivity (Wildman–Crippen MR) is 65.6 cm³/mol. The van der Waals surface area contributed by atoms with Gasteiger partial charge in [0.15, 0.2) is 0 Å². The highest BCUT2D eigenvalue weighted by atomic mass is 79.9. The van der Waals surface area contributed by atoms with Crippen molar-refractivity contribution in [1.29, 1.82) is 0 Å². The fourth-order valence-electron chi connectivity index (χ4n) is 1.45. The van der Waals surface area contributed by atoms with Crippen LogP contribution in [0.5, 0.6) is 0 Å². The number of nitrogens with zero attached hydrogens (tertiary/aromatic N) is 1. The number of aliphatic hydroxyl groups is 1. The van der Waals surface area contributed by atoms with Crippen molar-refractivity contribution in [3.05, 3.63) is 28.5 Å². The van der Waals surface area contributed by atoms with Crippen molar-refractivity contribution in [3.8, 4) is 0 Å². The zero-order valence-electron chi connectivity index (χ0n) is 9.28. The molecule has 0 aromatic carbocycles. The van der Waals surface area contributed by atoms with Crippen LogP contribution in [0.4, 0.5) is 0 Å². The molecule has 1 N–H and O–H groups in total. The number of aliphatic hydroxyl groups excluding tert-OH is 1. The van der Waals surface area contributed by atoms with Crippen molar-refractivity contribution in [2.45, 2.75) is 39.2 Å². The van der Waals surface area contributed by atoms with Crippen molar-refractivity contribution in [1.82, 2.24) is 4.98 Å². The van der Waals surface area contributed by atoms with Gasteiger partial charge in [-0.2, -0.15) is 0 Å². The Morgan fingerprint density at radius 3 is 2.60 bits per heavy atom. The van der Waals surface area contributed by atoms with Crippen LogP contribution in [-0.4, -0.2) is 10.1 Å². The summed E-state index contributed by atoms with van der Waals surface area (Å²) >= 11 is 3.32. The van der Waals surface area contributed by atoms with Gasteiger partial charge in [-0.3, -0.25) is 4.98 Å². The lowest BCUT2D eigenvalue weighted by molar-refractivity contribution is 0.157. The number of hydrogen-bond donors (Lipinski definition) is 1. The van der Waals surface area contributed by atoms with Crippen molar-refractivity contribution in [3.63, 3.8) is 0 Å². The number of aromatic nitrogens is 1. The van der Waals surface area contributed by atoms with E-state index >= 15 is 0 Å². The van der Waals surface area contributed by atoms with Crippen molar-refractivity contribution in [2.24, 2.45) is 5.92 Å². The summed E-state index contributed by atoms with van der Waals surface area (Å²) in [5, 5.41) is 9.85. The second kappa shape index (κ2) is 6.23. The summed E-state index contributed by atoms with van der Waals surface area (Å²) in [7, 11) is 0. The Kier molecular flexibility index (Phi) is 5.26. The van der Waals surface area contributed by atoms with Crippen LogP contribution in [0.1, 0.15) is 44.9 Å². The number of hydrogen-bond acceptors (Lipinski definition) is 2. The van der Waals surface area contributed by atoms with Crippen LogP contribution in [-0.2, 0) is 0 Å². The minimum atomic E-state index is -0.420. The average molecular weight is 272 g/mol. The lowest BCUT2D eigenvalue weighted by atomic mass is 10.0. The van der Waals surface area contributed by atoms with E-state index in [2.05, 4.69) is 34.8 Å². The Balaban J connectivity index is 2.40. The molecule has 3 heteroatoms. The Bertz CT molecular complexity index is 284. The van der Waals surface area contributed by atoms with E-state index in [1.807, 2.05) is 12.1 Å². The van der Waals surface area contributed by atoms with Crippen molar-refractivity contribution in [2.75, 3.05) is 0 Å². The van der Waals surface area contributed by atoms with Gasteiger partial charge >= 0.3 is 0 Å². The molecule has 0 spiro atoms. The Labute approximate surface area is 99.9 Å². The predicted octanol–water partition coefficient (Wildman–Crippen LogP) is 3.70. The normalized spacial score (nSPS) is 13.1. The molecule has 1 aromatic rings. The second-order valence-electron chi connectivity index (χ2n) is 4.24. The molecule has 84 valence electrons. The third-order valence-corrected chi connectivity index (χ3v) is 2.82.